The van der Waals surface area contributed by atoms with Crippen LogP contribution in [0.4, 0.5) is 5.82 Å². The number of rotatable bonds is 5. The molecule has 1 unspecified atom stereocenters. The first-order chi connectivity index (χ1) is 9.10. The molecule has 0 saturated heterocycles. The van der Waals surface area contributed by atoms with Gasteiger partial charge in [-0.3, -0.25) is 9.48 Å². The number of hydrogen-bond donors (Lipinski definition) is 1. The first kappa shape index (κ1) is 13.5. The van der Waals surface area contributed by atoms with E-state index in [4.69, 9.17) is 11.6 Å². The van der Waals surface area contributed by atoms with Gasteiger partial charge < -0.3 is 5.32 Å². The summed E-state index contributed by atoms with van der Waals surface area (Å²) in [6.45, 7) is 4.36. The molecule has 0 aliphatic heterocycles. The number of nitrogens with zero attached hydrogens (tertiary/aromatic N) is 4. The minimum absolute atomic E-state index is 0.0453. The Morgan fingerprint density at radius 1 is 1.53 bits per heavy atom. The molecule has 2 heterocycles. The monoisotopic (exact) mass is 279 g/mol. The summed E-state index contributed by atoms with van der Waals surface area (Å²) in [7, 11) is 0. The molecule has 2 rings (SSSR count). The molecule has 0 aliphatic carbocycles. The van der Waals surface area contributed by atoms with Crippen LogP contribution in [0.15, 0.2) is 18.5 Å². The van der Waals surface area contributed by atoms with Crippen LogP contribution < -0.4 is 5.32 Å². The van der Waals surface area contributed by atoms with E-state index in [0.29, 0.717) is 24.5 Å². The third-order valence-corrected chi connectivity index (χ3v) is 2.82. The van der Waals surface area contributed by atoms with Crippen LogP contribution in [0, 0.1) is 6.92 Å². The molecule has 2 aromatic heterocycles. The van der Waals surface area contributed by atoms with Gasteiger partial charge in [-0.25, -0.2) is 9.97 Å². The lowest BCUT2D eigenvalue weighted by molar-refractivity contribution is 0.112. The van der Waals surface area contributed by atoms with Crippen molar-refractivity contribution in [2.45, 2.75) is 26.4 Å². The highest BCUT2D eigenvalue weighted by Gasteiger charge is 2.13. The van der Waals surface area contributed by atoms with E-state index in [9.17, 15) is 4.79 Å². The van der Waals surface area contributed by atoms with Crippen molar-refractivity contribution in [2.24, 2.45) is 0 Å². The average molecular weight is 280 g/mol. The van der Waals surface area contributed by atoms with Crippen LogP contribution >= 0.6 is 11.6 Å². The first-order valence-electron chi connectivity index (χ1n) is 5.83. The van der Waals surface area contributed by atoms with E-state index in [2.05, 4.69) is 20.4 Å². The molecular formula is C12H14ClN5O. The summed E-state index contributed by atoms with van der Waals surface area (Å²) in [6.07, 6.45) is 4.25. The second-order valence-electron chi connectivity index (χ2n) is 4.22. The molecule has 19 heavy (non-hydrogen) atoms. The Labute approximate surface area is 115 Å². The number of halogens is 1. The first-order valence-corrected chi connectivity index (χ1v) is 6.21. The average Bonchev–Trinajstić information content (AvgIpc) is 2.81. The molecule has 0 radical (unpaired) electrons. The second kappa shape index (κ2) is 5.79. The molecular weight excluding hydrogens is 266 g/mol. The predicted octanol–water partition coefficient (Wildman–Crippen LogP) is 1.95. The van der Waals surface area contributed by atoms with Crippen molar-refractivity contribution in [3.8, 4) is 0 Å². The molecule has 1 atom stereocenters. The summed E-state index contributed by atoms with van der Waals surface area (Å²) in [5, 5.41) is 7.44. The van der Waals surface area contributed by atoms with Crippen molar-refractivity contribution in [1.29, 1.82) is 0 Å². The molecule has 100 valence electrons. The van der Waals surface area contributed by atoms with Gasteiger partial charge in [-0.2, -0.15) is 5.10 Å². The zero-order valence-electron chi connectivity index (χ0n) is 10.7. The van der Waals surface area contributed by atoms with Crippen molar-refractivity contribution >= 4 is 23.7 Å². The second-order valence-corrected chi connectivity index (χ2v) is 4.57. The Morgan fingerprint density at radius 2 is 2.32 bits per heavy atom. The van der Waals surface area contributed by atoms with Gasteiger partial charge in [-0.15, -0.1) is 0 Å². The maximum absolute atomic E-state index is 11.0. The van der Waals surface area contributed by atoms with Crippen LogP contribution in [-0.2, 0) is 6.54 Å². The number of aryl methyl sites for hydroxylation is 1. The molecule has 0 aliphatic rings. The molecule has 0 bridgehead atoms. The van der Waals surface area contributed by atoms with E-state index >= 15 is 0 Å². The van der Waals surface area contributed by atoms with Crippen molar-refractivity contribution in [3.63, 3.8) is 0 Å². The predicted molar refractivity (Wildman–Crippen MR) is 72.5 cm³/mol. The number of carbonyl (C=O) groups excluding carboxylic acids is 1. The van der Waals surface area contributed by atoms with Gasteiger partial charge in [0.2, 0.25) is 0 Å². The number of nitrogens with one attached hydrogen (secondary N) is 1. The highest BCUT2D eigenvalue weighted by molar-refractivity contribution is 6.32. The Kier molecular flexibility index (Phi) is 4.11. The lowest BCUT2D eigenvalue weighted by Crippen LogP contribution is -2.24. The van der Waals surface area contributed by atoms with Crippen LogP contribution in [-0.4, -0.2) is 32.1 Å². The van der Waals surface area contributed by atoms with Crippen LogP contribution in [0.25, 0.3) is 0 Å². The molecule has 0 fully saturated rings. The highest BCUT2D eigenvalue weighted by Crippen LogP contribution is 2.19. The minimum Gasteiger partial charge on any atom is -0.365 e. The summed E-state index contributed by atoms with van der Waals surface area (Å²) in [5.41, 5.74) is 0.277. The Morgan fingerprint density at radius 3 is 2.95 bits per heavy atom. The quantitative estimate of drug-likeness (QED) is 0.669. The Hall–Kier alpha value is -1.95. The third kappa shape index (κ3) is 3.29. The Balaban J connectivity index is 2.16. The summed E-state index contributed by atoms with van der Waals surface area (Å²) in [4.78, 5) is 19.2. The van der Waals surface area contributed by atoms with Gasteiger partial charge in [0, 0.05) is 18.4 Å². The summed E-state index contributed by atoms with van der Waals surface area (Å²) < 4.78 is 1.80. The number of anilines is 1. The van der Waals surface area contributed by atoms with E-state index < -0.39 is 0 Å². The van der Waals surface area contributed by atoms with E-state index in [1.54, 1.807) is 17.8 Å². The fraction of sp³-hybridized carbons (Fsp3) is 0.333. The van der Waals surface area contributed by atoms with E-state index in [-0.39, 0.29) is 16.8 Å². The van der Waals surface area contributed by atoms with Crippen LogP contribution in [0.1, 0.15) is 23.1 Å². The number of aromatic nitrogens is 4. The van der Waals surface area contributed by atoms with Crippen molar-refractivity contribution < 1.29 is 4.79 Å². The standard InChI is InChI=1S/C12H14ClN5O/c1-8(6-18-5-3-4-14-18)15-12-10(7-19)11(13)16-9(2)17-12/h3-5,7-8H,6H2,1-2H3,(H,15,16,17). The molecule has 7 heteroatoms. The topological polar surface area (TPSA) is 72.7 Å². The molecule has 0 aromatic carbocycles. The molecule has 0 saturated carbocycles. The van der Waals surface area contributed by atoms with E-state index in [1.165, 1.54) is 0 Å². The fourth-order valence-electron chi connectivity index (χ4n) is 1.73. The number of aldehydes is 1. The van der Waals surface area contributed by atoms with E-state index in [1.807, 2.05) is 19.2 Å². The largest absolute Gasteiger partial charge is 0.365 e. The third-order valence-electron chi connectivity index (χ3n) is 2.53. The van der Waals surface area contributed by atoms with Gasteiger partial charge in [0.15, 0.2) is 6.29 Å². The molecule has 6 nitrogen and oxygen atoms in total. The summed E-state index contributed by atoms with van der Waals surface area (Å²) in [5.74, 6) is 0.969. The van der Waals surface area contributed by atoms with Gasteiger partial charge in [0.25, 0.3) is 0 Å². The SMILES string of the molecule is Cc1nc(Cl)c(C=O)c(NC(C)Cn2cccn2)n1. The minimum atomic E-state index is 0.0453. The lowest BCUT2D eigenvalue weighted by Gasteiger charge is -2.16. The summed E-state index contributed by atoms with van der Waals surface area (Å²) >= 11 is 5.92. The van der Waals surface area contributed by atoms with Crippen LogP contribution in [0.2, 0.25) is 5.15 Å². The zero-order chi connectivity index (χ0) is 13.8. The normalized spacial score (nSPS) is 12.2. The van der Waals surface area contributed by atoms with Gasteiger partial charge in [0.1, 0.15) is 16.8 Å². The molecule has 0 amide bonds. The van der Waals surface area contributed by atoms with Gasteiger partial charge in [-0.1, -0.05) is 11.6 Å². The van der Waals surface area contributed by atoms with Crippen LogP contribution in [0.5, 0.6) is 0 Å². The zero-order valence-corrected chi connectivity index (χ0v) is 11.4. The van der Waals surface area contributed by atoms with Crippen molar-refractivity contribution in [3.05, 3.63) is 35.0 Å². The molecule has 1 N–H and O–H groups in total. The highest BCUT2D eigenvalue weighted by atomic mass is 35.5. The number of carbonyl (C=O) groups is 1. The molecule has 2 aromatic rings. The smallest absolute Gasteiger partial charge is 0.156 e. The van der Waals surface area contributed by atoms with Gasteiger partial charge in [-0.05, 0) is 19.9 Å². The van der Waals surface area contributed by atoms with Crippen molar-refractivity contribution in [2.75, 3.05) is 5.32 Å². The maximum Gasteiger partial charge on any atom is 0.156 e. The molecule has 0 spiro atoms. The van der Waals surface area contributed by atoms with E-state index in [0.717, 1.165) is 0 Å². The van der Waals surface area contributed by atoms with Gasteiger partial charge in [0.05, 0.1) is 12.1 Å². The Bertz CT molecular complexity index is 570. The van der Waals surface area contributed by atoms with Crippen LogP contribution in [0.3, 0.4) is 0 Å². The van der Waals surface area contributed by atoms with Crippen molar-refractivity contribution in [1.82, 2.24) is 19.7 Å². The fourth-order valence-corrected chi connectivity index (χ4v) is 1.99. The lowest BCUT2D eigenvalue weighted by atomic mass is 10.3. The maximum atomic E-state index is 11.0. The van der Waals surface area contributed by atoms with Gasteiger partial charge >= 0.3 is 0 Å². The summed E-state index contributed by atoms with van der Waals surface area (Å²) in [6, 6.07) is 1.90. The number of hydrogen-bond acceptors (Lipinski definition) is 5.